The Morgan fingerprint density at radius 3 is 2.50 bits per heavy atom. The smallest absolute Gasteiger partial charge is 0.165 e. The Labute approximate surface area is 69.0 Å². The number of phenolic OH excluding ortho intramolecular Hbond substituents is 1. The fourth-order valence-electron chi connectivity index (χ4n) is 0.922. The van der Waals surface area contributed by atoms with Crippen molar-refractivity contribution in [3.8, 4) is 5.75 Å². The molecule has 0 saturated heterocycles. The van der Waals surface area contributed by atoms with Gasteiger partial charge >= 0.3 is 0 Å². The van der Waals surface area contributed by atoms with Crippen LogP contribution in [0.5, 0.6) is 5.75 Å². The number of hydrogen-bond donors (Lipinski definition) is 1. The number of benzene rings is 1. The van der Waals surface area contributed by atoms with Crippen LogP contribution in [0.2, 0.25) is 0 Å². The van der Waals surface area contributed by atoms with Crippen LogP contribution in [-0.4, -0.2) is 5.11 Å². The molecule has 0 radical (unpaired) electrons. The minimum absolute atomic E-state index is 0.0509. The highest BCUT2D eigenvalue weighted by Gasteiger charge is 2.10. The quantitative estimate of drug-likeness (QED) is 0.675. The maximum absolute atomic E-state index is 12.8. The molecule has 0 unspecified atom stereocenters. The summed E-state index contributed by atoms with van der Waals surface area (Å²) < 4.78 is 25.5. The molecule has 1 aromatic rings. The molecule has 0 heterocycles. The van der Waals surface area contributed by atoms with Crippen LogP contribution in [0.1, 0.15) is 5.56 Å². The second-order valence-corrected chi connectivity index (χ2v) is 2.35. The first-order chi connectivity index (χ1) is 5.66. The first-order valence-electron chi connectivity index (χ1n) is 3.43. The molecule has 0 bridgehead atoms. The summed E-state index contributed by atoms with van der Waals surface area (Å²) in [5, 5.41) is 9.05. The van der Waals surface area contributed by atoms with Gasteiger partial charge in [-0.3, -0.25) is 0 Å². The average molecular weight is 170 g/mol. The number of aromatic hydroxyl groups is 1. The van der Waals surface area contributed by atoms with Crippen molar-refractivity contribution in [1.29, 1.82) is 0 Å². The van der Waals surface area contributed by atoms with Gasteiger partial charge < -0.3 is 5.11 Å². The Bertz CT molecular complexity index is 308. The molecule has 1 N–H and O–H groups in total. The van der Waals surface area contributed by atoms with Gasteiger partial charge in [-0.15, -0.1) is 6.58 Å². The van der Waals surface area contributed by atoms with Gasteiger partial charge in [0.15, 0.2) is 11.6 Å². The second-order valence-electron chi connectivity index (χ2n) is 2.35. The molecule has 0 saturated carbocycles. The Balaban J connectivity index is 3.22. The van der Waals surface area contributed by atoms with E-state index in [0.29, 0.717) is 0 Å². The first kappa shape index (κ1) is 8.71. The standard InChI is InChI=1S/C9H8F2O/c1-2-3-6-7(10)4-5-8(11)9(6)12/h2,4-5,12H,1,3H2. The molecule has 0 spiro atoms. The predicted molar refractivity (Wildman–Crippen MR) is 41.9 cm³/mol. The second kappa shape index (κ2) is 3.34. The molecule has 1 nitrogen and oxygen atoms in total. The normalized spacial score (nSPS) is 9.83. The summed E-state index contributed by atoms with van der Waals surface area (Å²) in [6.07, 6.45) is 1.52. The van der Waals surface area contributed by atoms with Gasteiger partial charge in [0, 0.05) is 5.56 Å². The average Bonchev–Trinajstić information content (AvgIpc) is 2.06. The fraction of sp³-hybridized carbons (Fsp3) is 0.111. The molecular formula is C9H8F2O. The third-order valence-corrected chi connectivity index (χ3v) is 1.52. The van der Waals surface area contributed by atoms with Crippen LogP contribution < -0.4 is 0 Å². The lowest BCUT2D eigenvalue weighted by molar-refractivity contribution is 0.419. The van der Waals surface area contributed by atoms with E-state index in [1.54, 1.807) is 0 Å². The van der Waals surface area contributed by atoms with Crippen molar-refractivity contribution in [2.24, 2.45) is 0 Å². The molecule has 12 heavy (non-hydrogen) atoms. The summed E-state index contributed by atoms with van der Waals surface area (Å²) in [7, 11) is 0. The molecule has 1 aromatic carbocycles. The van der Waals surface area contributed by atoms with Gasteiger partial charge in [0.1, 0.15) is 5.82 Å². The van der Waals surface area contributed by atoms with E-state index in [2.05, 4.69) is 6.58 Å². The van der Waals surface area contributed by atoms with E-state index in [4.69, 9.17) is 5.11 Å². The lowest BCUT2D eigenvalue weighted by atomic mass is 10.1. The highest BCUT2D eigenvalue weighted by atomic mass is 19.1. The van der Waals surface area contributed by atoms with E-state index in [0.717, 1.165) is 12.1 Å². The zero-order chi connectivity index (χ0) is 9.14. The van der Waals surface area contributed by atoms with E-state index in [1.165, 1.54) is 6.08 Å². The summed E-state index contributed by atoms with van der Waals surface area (Å²) >= 11 is 0. The van der Waals surface area contributed by atoms with Crippen LogP contribution in [0, 0.1) is 11.6 Å². The maximum Gasteiger partial charge on any atom is 0.165 e. The largest absolute Gasteiger partial charge is 0.505 e. The van der Waals surface area contributed by atoms with Crippen LogP contribution in [0.25, 0.3) is 0 Å². The number of hydrogen-bond acceptors (Lipinski definition) is 1. The van der Waals surface area contributed by atoms with Crippen LogP contribution >= 0.6 is 0 Å². The lowest BCUT2D eigenvalue weighted by Crippen LogP contribution is -1.91. The molecule has 3 heteroatoms. The van der Waals surface area contributed by atoms with Crippen LogP contribution in [0.4, 0.5) is 8.78 Å². The van der Waals surface area contributed by atoms with Gasteiger partial charge in [-0.25, -0.2) is 8.78 Å². The van der Waals surface area contributed by atoms with Crippen molar-refractivity contribution in [1.82, 2.24) is 0 Å². The summed E-state index contributed by atoms with van der Waals surface area (Å²) in [4.78, 5) is 0. The van der Waals surface area contributed by atoms with E-state index >= 15 is 0 Å². The lowest BCUT2D eigenvalue weighted by Gasteiger charge is -2.03. The van der Waals surface area contributed by atoms with Crippen molar-refractivity contribution in [2.45, 2.75) is 6.42 Å². The van der Waals surface area contributed by atoms with Crippen molar-refractivity contribution < 1.29 is 13.9 Å². The fourth-order valence-corrected chi connectivity index (χ4v) is 0.922. The Kier molecular flexibility index (Phi) is 2.43. The van der Waals surface area contributed by atoms with Gasteiger partial charge in [0.05, 0.1) is 0 Å². The van der Waals surface area contributed by atoms with Gasteiger partial charge in [-0.05, 0) is 18.6 Å². The number of rotatable bonds is 2. The molecule has 0 aromatic heterocycles. The summed E-state index contributed by atoms with van der Waals surface area (Å²) in [6, 6.07) is 1.87. The summed E-state index contributed by atoms with van der Waals surface area (Å²) in [6.45, 7) is 3.37. The molecule has 64 valence electrons. The first-order valence-corrected chi connectivity index (χ1v) is 3.43. The molecule has 0 atom stereocenters. The summed E-state index contributed by atoms with van der Waals surface area (Å²) in [5.41, 5.74) is -0.0509. The Hall–Kier alpha value is -1.38. The minimum Gasteiger partial charge on any atom is -0.505 e. The van der Waals surface area contributed by atoms with Gasteiger partial charge in [0.2, 0.25) is 0 Å². The molecule has 0 amide bonds. The van der Waals surface area contributed by atoms with Gasteiger partial charge in [-0.1, -0.05) is 6.08 Å². The van der Waals surface area contributed by atoms with Gasteiger partial charge in [-0.2, -0.15) is 0 Å². The molecule has 1 rings (SSSR count). The molecule has 0 aliphatic heterocycles. The van der Waals surface area contributed by atoms with E-state index in [-0.39, 0.29) is 12.0 Å². The molecule has 0 fully saturated rings. The predicted octanol–water partition coefficient (Wildman–Crippen LogP) is 2.40. The molecule has 0 aliphatic rings. The van der Waals surface area contributed by atoms with Gasteiger partial charge in [0.25, 0.3) is 0 Å². The monoisotopic (exact) mass is 170 g/mol. The van der Waals surface area contributed by atoms with E-state index < -0.39 is 17.4 Å². The maximum atomic E-state index is 12.8. The third kappa shape index (κ3) is 1.44. The van der Waals surface area contributed by atoms with Crippen LogP contribution in [-0.2, 0) is 6.42 Å². The van der Waals surface area contributed by atoms with E-state index in [9.17, 15) is 8.78 Å². The zero-order valence-corrected chi connectivity index (χ0v) is 6.35. The number of phenols is 1. The van der Waals surface area contributed by atoms with E-state index in [1.807, 2.05) is 0 Å². The third-order valence-electron chi connectivity index (χ3n) is 1.52. The zero-order valence-electron chi connectivity index (χ0n) is 6.35. The number of halogens is 2. The minimum atomic E-state index is -0.812. The SMILES string of the molecule is C=CCc1c(F)ccc(F)c1O. The van der Waals surface area contributed by atoms with Crippen LogP contribution in [0.15, 0.2) is 24.8 Å². The van der Waals surface area contributed by atoms with Crippen molar-refractivity contribution in [3.05, 3.63) is 42.0 Å². The Morgan fingerprint density at radius 2 is 1.92 bits per heavy atom. The number of allylic oxidation sites excluding steroid dienone is 1. The van der Waals surface area contributed by atoms with Crippen molar-refractivity contribution in [3.63, 3.8) is 0 Å². The Morgan fingerprint density at radius 1 is 1.33 bits per heavy atom. The molecular weight excluding hydrogens is 162 g/mol. The summed E-state index contributed by atoms with van der Waals surface area (Å²) in [5.74, 6) is -2.06. The molecule has 0 aliphatic carbocycles. The van der Waals surface area contributed by atoms with Crippen molar-refractivity contribution >= 4 is 0 Å². The van der Waals surface area contributed by atoms with Crippen LogP contribution in [0.3, 0.4) is 0 Å². The van der Waals surface area contributed by atoms with Crippen molar-refractivity contribution in [2.75, 3.05) is 0 Å². The topological polar surface area (TPSA) is 20.2 Å². The highest BCUT2D eigenvalue weighted by molar-refractivity contribution is 5.36. The highest BCUT2D eigenvalue weighted by Crippen LogP contribution is 2.24.